The van der Waals surface area contributed by atoms with Crippen LogP contribution in [0.15, 0.2) is 78.4 Å². The molecule has 7 nitrogen and oxygen atoms in total. The Kier molecular flexibility index (Phi) is 8.92. The Morgan fingerprint density at radius 1 is 0.949 bits per heavy atom. The van der Waals surface area contributed by atoms with Gasteiger partial charge in [-0.3, -0.25) is 9.59 Å². The van der Waals surface area contributed by atoms with Crippen molar-refractivity contribution in [1.29, 1.82) is 0 Å². The van der Waals surface area contributed by atoms with Gasteiger partial charge in [-0.05, 0) is 54.7 Å². The predicted octanol–water partition coefficient (Wildman–Crippen LogP) is 6.14. The lowest BCUT2D eigenvalue weighted by atomic mass is 9.94. The highest BCUT2D eigenvalue weighted by Crippen LogP contribution is 2.43. The van der Waals surface area contributed by atoms with Crippen LogP contribution in [0.25, 0.3) is 5.76 Å². The van der Waals surface area contributed by atoms with E-state index in [1.807, 2.05) is 43.3 Å². The zero-order chi connectivity index (χ0) is 27.9. The molecule has 0 bridgehead atoms. The Bertz CT molecular complexity index is 1350. The van der Waals surface area contributed by atoms with Gasteiger partial charge in [-0.25, -0.2) is 0 Å². The number of hydrogen-bond donors (Lipinski definition) is 1. The van der Waals surface area contributed by atoms with Crippen LogP contribution in [0.4, 0.5) is 0 Å². The molecule has 204 valence electrons. The van der Waals surface area contributed by atoms with Crippen molar-refractivity contribution < 1.29 is 28.9 Å². The Morgan fingerprint density at radius 3 is 2.41 bits per heavy atom. The topological polar surface area (TPSA) is 85.3 Å². The summed E-state index contributed by atoms with van der Waals surface area (Å²) in [5.41, 5.74) is 1.90. The summed E-state index contributed by atoms with van der Waals surface area (Å²) < 4.78 is 17.2. The maximum atomic E-state index is 13.4. The van der Waals surface area contributed by atoms with Gasteiger partial charge in [0.2, 0.25) is 0 Å². The minimum atomic E-state index is -0.834. The van der Waals surface area contributed by atoms with E-state index in [4.69, 9.17) is 14.2 Å². The van der Waals surface area contributed by atoms with Crippen molar-refractivity contribution >= 4 is 17.4 Å². The van der Waals surface area contributed by atoms with Gasteiger partial charge < -0.3 is 24.2 Å². The highest BCUT2D eigenvalue weighted by atomic mass is 16.5. The lowest BCUT2D eigenvalue weighted by Gasteiger charge is -2.26. The van der Waals surface area contributed by atoms with Crippen LogP contribution in [-0.4, -0.2) is 42.0 Å². The average molecular weight is 530 g/mol. The van der Waals surface area contributed by atoms with Crippen molar-refractivity contribution in [3.63, 3.8) is 0 Å². The quantitative estimate of drug-likeness (QED) is 0.182. The number of nitrogens with zero attached hydrogens (tertiary/aromatic N) is 1. The van der Waals surface area contributed by atoms with E-state index in [-0.39, 0.29) is 17.9 Å². The second kappa shape index (κ2) is 12.5. The summed E-state index contributed by atoms with van der Waals surface area (Å²) >= 11 is 0. The number of amides is 1. The Morgan fingerprint density at radius 2 is 1.72 bits per heavy atom. The number of aliphatic hydroxyl groups excluding tert-OH is 1. The van der Waals surface area contributed by atoms with Gasteiger partial charge in [-0.2, -0.15) is 0 Å². The lowest BCUT2D eigenvalue weighted by Crippen LogP contribution is -2.29. The van der Waals surface area contributed by atoms with Gasteiger partial charge in [0.1, 0.15) is 11.5 Å². The third-order valence-electron chi connectivity index (χ3n) is 6.61. The normalized spacial score (nSPS) is 16.5. The van der Waals surface area contributed by atoms with Crippen LogP contribution in [-0.2, 0) is 16.1 Å². The molecule has 1 fully saturated rings. The molecular weight excluding hydrogens is 494 g/mol. The number of carbonyl (C=O) groups is 2. The molecule has 1 aliphatic rings. The summed E-state index contributed by atoms with van der Waals surface area (Å²) in [5, 5.41) is 11.4. The Hall–Kier alpha value is -4.26. The molecule has 0 radical (unpaired) electrons. The molecule has 3 aromatic carbocycles. The number of benzene rings is 3. The van der Waals surface area contributed by atoms with Crippen LogP contribution in [0.3, 0.4) is 0 Å². The summed E-state index contributed by atoms with van der Waals surface area (Å²) in [4.78, 5) is 28.3. The predicted molar refractivity (Wildman–Crippen MR) is 150 cm³/mol. The number of hydrogen-bond acceptors (Lipinski definition) is 6. The van der Waals surface area contributed by atoms with Crippen LogP contribution >= 0.6 is 0 Å². The molecule has 1 unspecified atom stereocenters. The molecular formula is C32H35NO6. The van der Waals surface area contributed by atoms with Gasteiger partial charge in [0.15, 0.2) is 11.5 Å². The molecule has 1 amide bonds. The average Bonchev–Trinajstić information content (AvgIpc) is 3.18. The fourth-order valence-corrected chi connectivity index (χ4v) is 4.60. The molecule has 0 aliphatic carbocycles. The van der Waals surface area contributed by atoms with Gasteiger partial charge in [0.05, 0.1) is 31.9 Å². The lowest BCUT2D eigenvalue weighted by molar-refractivity contribution is -0.140. The number of Topliss-reactive ketones (excluding diaryl/α,β-unsaturated/α-hetero) is 1. The summed E-state index contributed by atoms with van der Waals surface area (Å²) in [6.07, 6.45) is 0.892. The highest BCUT2D eigenvalue weighted by molar-refractivity contribution is 6.46. The third kappa shape index (κ3) is 6.25. The maximum absolute atomic E-state index is 13.4. The minimum absolute atomic E-state index is 0.0140. The van der Waals surface area contributed by atoms with Crippen molar-refractivity contribution in [1.82, 2.24) is 4.90 Å². The molecule has 1 heterocycles. The zero-order valence-electron chi connectivity index (χ0n) is 22.8. The van der Waals surface area contributed by atoms with E-state index in [9.17, 15) is 14.7 Å². The van der Waals surface area contributed by atoms with Crippen molar-refractivity contribution in [2.75, 3.05) is 20.3 Å². The Labute approximate surface area is 229 Å². The number of aliphatic hydroxyl groups is 1. The summed E-state index contributed by atoms with van der Waals surface area (Å²) in [6.45, 7) is 7.31. The number of methoxy groups -OCH3 is 1. The second-order valence-electron chi connectivity index (χ2n) is 9.81. The first-order valence-corrected chi connectivity index (χ1v) is 13.2. The van der Waals surface area contributed by atoms with Crippen LogP contribution in [0.5, 0.6) is 17.2 Å². The largest absolute Gasteiger partial charge is 0.507 e. The summed E-state index contributed by atoms with van der Waals surface area (Å²) in [5.74, 6) is 0.433. The van der Waals surface area contributed by atoms with Crippen molar-refractivity contribution in [3.8, 4) is 17.2 Å². The van der Waals surface area contributed by atoms with Crippen LogP contribution < -0.4 is 14.2 Å². The van der Waals surface area contributed by atoms with Crippen LogP contribution in [0.1, 0.15) is 49.9 Å². The summed E-state index contributed by atoms with van der Waals surface area (Å²) in [6, 6.07) is 20.8. The molecule has 0 spiro atoms. The molecule has 7 heteroatoms. The molecule has 3 aromatic rings. The first kappa shape index (κ1) is 27.8. The maximum Gasteiger partial charge on any atom is 0.295 e. The number of likely N-dealkylation sites (tertiary alicyclic amines) is 1. The third-order valence-corrected chi connectivity index (χ3v) is 6.61. The molecule has 1 atom stereocenters. The Balaban J connectivity index is 1.81. The number of ketones is 1. The number of rotatable bonds is 11. The summed E-state index contributed by atoms with van der Waals surface area (Å²) in [7, 11) is 1.55. The first-order chi connectivity index (χ1) is 18.8. The van der Waals surface area contributed by atoms with E-state index in [0.717, 1.165) is 12.0 Å². The van der Waals surface area contributed by atoms with E-state index in [2.05, 4.69) is 13.8 Å². The van der Waals surface area contributed by atoms with E-state index in [0.29, 0.717) is 47.5 Å². The molecule has 0 saturated carbocycles. The van der Waals surface area contributed by atoms with Crippen molar-refractivity contribution in [2.45, 2.75) is 39.8 Å². The van der Waals surface area contributed by atoms with E-state index in [1.165, 1.54) is 4.90 Å². The minimum Gasteiger partial charge on any atom is -0.507 e. The molecule has 4 rings (SSSR count). The van der Waals surface area contributed by atoms with Crippen molar-refractivity contribution in [2.24, 2.45) is 5.92 Å². The second-order valence-corrected chi connectivity index (χ2v) is 9.81. The first-order valence-electron chi connectivity index (χ1n) is 13.2. The van der Waals surface area contributed by atoms with Crippen LogP contribution in [0.2, 0.25) is 0 Å². The number of ether oxygens (including phenoxy) is 3. The van der Waals surface area contributed by atoms with Crippen LogP contribution in [0, 0.1) is 5.92 Å². The highest BCUT2D eigenvalue weighted by Gasteiger charge is 2.46. The van der Waals surface area contributed by atoms with Gasteiger partial charge in [0, 0.05) is 12.1 Å². The fourth-order valence-electron chi connectivity index (χ4n) is 4.60. The fraction of sp³-hybridized carbons (Fsp3) is 0.312. The SMILES string of the molecule is CCOc1cccc(/C(O)=C2\C(=O)C(=O)N(Cc3ccccc3)C2c2ccc(OCCC(C)C)c(OC)c2)c1. The molecule has 1 N–H and O–H groups in total. The van der Waals surface area contributed by atoms with Gasteiger partial charge in [-0.1, -0.05) is 62.4 Å². The monoisotopic (exact) mass is 529 g/mol. The van der Waals surface area contributed by atoms with Gasteiger partial charge in [-0.15, -0.1) is 0 Å². The number of carbonyl (C=O) groups excluding carboxylic acids is 2. The molecule has 1 saturated heterocycles. The van der Waals surface area contributed by atoms with Crippen molar-refractivity contribution in [3.05, 3.63) is 95.1 Å². The van der Waals surface area contributed by atoms with E-state index >= 15 is 0 Å². The van der Waals surface area contributed by atoms with Gasteiger partial charge in [0.25, 0.3) is 11.7 Å². The smallest absolute Gasteiger partial charge is 0.295 e. The van der Waals surface area contributed by atoms with Gasteiger partial charge >= 0.3 is 0 Å². The molecule has 0 aromatic heterocycles. The zero-order valence-corrected chi connectivity index (χ0v) is 22.8. The van der Waals surface area contributed by atoms with E-state index in [1.54, 1.807) is 43.5 Å². The molecule has 39 heavy (non-hydrogen) atoms. The standard InChI is InChI=1S/C32H35NO6/c1-5-38-25-13-9-12-24(18-25)30(34)28-29(33(32(36)31(28)35)20-22-10-7-6-8-11-22)23-14-15-26(27(19-23)37-4)39-17-16-21(2)3/h6-15,18-19,21,29,34H,5,16-17,20H2,1-4H3/b30-28+. The molecule has 1 aliphatic heterocycles. The van der Waals surface area contributed by atoms with E-state index < -0.39 is 17.7 Å².